The van der Waals surface area contributed by atoms with Gasteiger partial charge >= 0.3 is 0 Å². The molecule has 148 valence electrons. The maximum absolute atomic E-state index is 12.6. The van der Waals surface area contributed by atoms with E-state index in [9.17, 15) is 4.79 Å². The Morgan fingerprint density at radius 2 is 1.93 bits per heavy atom. The molecule has 1 amide bonds. The summed E-state index contributed by atoms with van der Waals surface area (Å²) >= 11 is 1.30. The van der Waals surface area contributed by atoms with Crippen molar-refractivity contribution in [2.24, 2.45) is 0 Å². The largest absolute Gasteiger partial charge is 0.497 e. The second kappa shape index (κ2) is 7.47. The molecule has 0 aliphatic carbocycles. The van der Waals surface area contributed by atoms with Crippen molar-refractivity contribution >= 4 is 28.2 Å². The summed E-state index contributed by atoms with van der Waals surface area (Å²) in [4.78, 5) is 25.6. The third-order valence-corrected chi connectivity index (χ3v) is 4.99. The van der Waals surface area contributed by atoms with E-state index in [4.69, 9.17) is 9.47 Å². The first kappa shape index (κ1) is 18.8. The minimum absolute atomic E-state index is 0.0295. The lowest BCUT2D eigenvalue weighted by Crippen LogP contribution is -2.13. The highest BCUT2D eigenvalue weighted by atomic mass is 32.1. The Labute approximate surface area is 170 Å². The van der Waals surface area contributed by atoms with Gasteiger partial charge in [0.1, 0.15) is 11.5 Å². The number of fused-ring (bicyclic) bond motifs is 1. The first-order valence-corrected chi connectivity index (χ1v) is 9.56. The van der Waals surface area contributed by atoms with E-state index in [0.29, 0.717) is 28.1 Å². The van der Waals surface area contributed by atoms with Crippen molar-refractivity contribution in [1.29, 1.82) is 0 Å². The molecule has 0 aliphatic rings. The van der Waals surface area contributed by atoms with E-state index in [1.165, 1.54) is 15.9 Å². The number of benzene rings is 1. The van der Waals surface area contributed by atoms with Gasteiger partial charge < -0.3 is 9.47 Å². The van der Waals surface area contributed by atoms with E-state index in [2.05, 4.69) is 25.4 Å². The number of carbonyl (C=O) groups is 1. The molecule has 0 radical (unpaired) electrons. The quantitative estimate of drug-likeness (QED) is 0.539. The fraction of sp³-hybridized carbons (Fsp3) is 0.211. The van der Waals surface area contributed by atoms with Gasteiger partial charge in [-0.2, -0.15) is 4.98 Å². The molecule has 0 spiro atoms. The molecule has 10 heteroatoms. The number of nitrogens with one attached hydrogen (secondary N) is 1. The fourth-order valence-electron chi connectivity index (χ4n) is 2.88. The Hall–Kier alpha value is -3.53. The number of hydrogen-bond donors (Lipinski definition) is 1. The topological polar surface area (TPSA) is 104 Å². The van der Waals surface area contributed by atoms with Gasteiger partial charge in [-0.15, -0.1) is 16.4 Å². The predicted octanol–water partition coefficient (Wildman–Crippen LogP) is 3.13. The molecule has 0 bridgehead atoms. The zero-order chi connectivity index (χ0) is 20.5. The molecular weight excluding hydrogens is 392 g/mol. The summed E-state index contributed by atoms with van der Waals surface area (Å²) < 4.78 is 12.2. The third-order valence-electron chi connectivity index (χ3n) is 4.23. The molecule has 0 saturated carbocycles. The number of rotatable bonds is 5. The van der Waals surface area contributed by atoms with Crippen molar-refractivity contribution in [3.63, 3.8) is 0 Å². The molecule has 9 nitrogen and oxygen atoms in total. The third kappa shape index (κ3) is 3.61. The van der Waals surface area contributed by atoms with E-state index in [1.54, 1.807) is 14.2 Å². The van der Waals surface area contributed by atoms with Crippen molar-refractivity contribution < 1.29 is 14.3 Å². The predicted molar refractivity (Wildman–Crippen MR) is 109 cm³/mol. The number of carbonyl (C=O) groups excluding carboxylic acids is 1. The molecule has 29 heavy (non-hydrogen) atoms. The number of anilines is 1. The zero-order valence-electron chi connectivity index (χ0n) is 16.3. The van der Waals surface area contributed by atoms with Gasteiger partial charge in [-0.1, -0.05) is 0 Å². The number of hydrogen-bond acceptors (Lipinski definition) is 8. The number of aromatic nitrogens is 5. The Morgan fingerprint density at radius 1 is 1.10 bits per heavy atom. The van der Waals surface area contributed by atoms with E-state index >= 15 is 0 Å². The highest BCUT2D eigenvalue weighted by molar-refractivity contribution is 7.14. The molecule has 0 unspecified atom stereocenters. The molecular formula is C19H18N6O3S. The van der Waals surface area contributed by atoms with Crippen LogP contribution in [0.2, 0.25) is 0 Å². The first-order valence-electron chi connectivity index (χ1n) is 8.69. The number of methoxy groups -OCH3 is 2. The van der Waals surface area contributed by atoms with Crippen LogP contribution >= 0.6 is 11.3 Å². The van der Waals surface area contributed by atoms with Gasteiger partial charge in [-0.3, -0.25) is 10.1 Å². The lowest BCUT2D eigenvalue weighted by Gasteiger charge is -2.08. The van der Waals surface area contributed by atoms with Gasteiger partial charge in [-0.05, 0) is 38.1 Å². The van der Waals surface area contributed by atoms with Gasteiger partial charge in [0.15, 0.2) is 5.13 Å². The Morgan fingerprint density at radius 3 is 2.69 bits per heavy atom. The number of thiazole rings is 1. The van der Waals surface area contributed by atoms with Gasteiger partial charge in [0, 0.05) is 22.3 Å². The molecule has 3 aromatic heterocycles. The monoisotopic (exact) mass is 410 g/mol. The van der Waals surface area contributed by atoms with Crippen LogP contribution in [0.4, 0.5) is 5.13 Å². The van der Waals surface area contributed by atoms with Crippen molar-refractivity contribution in [3.05, 3.63) is 46.9 Å². The minimum atomic E-state index is -0.453. The van der Waals surface area contributed by atoms with Crippen LogP contribution in [-0.2, 0) is 0 Å². The van der Waals surface area contributed by atoms with E-state index in [1.807, 2.05) is 43.5 Å². The lowest BCUT2D eigenvalue weighted by molar-refractivity contribution is 0.101. The highest BCUT2D eigenvalue weighted by Crippen LogP contribution is 2.35. The molecule has 0 atom stereocenters. The molecule has 4 rings (SSSR count). The number of amides is 1. The summed E-state index contributed by atoms with van der Waals surface area (Å²) in [6.07, 6.45) is 0. The SMILES string of the molecule is COc1ccc(OC)c(-c2csc(NC(=O)c3nc4nc(C)cc(C)n4n3)n2)c1. The van der Waals surface area contributed by atoms with Crippen LogP contribution in [0.15, 0.2) is 29.6 Å². The maximum Gasteiger partial charge on any atom is 0.297 e. The number of nitrogens with zero attached hydrogens (tertiary/aromatic N) is 5. The molecule has 1 aromatic carbocycles. The summed E-state index contributed by atoms with van der Waals surface area (Å²) in [6.45, 7) is 3.75. The average molecular weight is 410 g/mol. The normalized spacial score (nSPS) is 10.9. The Kier molecular flexibility index (Phi) is 4.85. The molecule has 0 fully saturated rings. The number of ether oxygens (including phenoxy) is 2. The van der Waals surface area contributed by atoms with Crippen molar-refractivity contribution in [1.82, 2.24) is 24.6 Å². The van der Waals surface area contributed by atoms with Gasteiger partial charge in [0.25, 0.3) is 11.7 Å². The van der Waals surface area contributed by atoms with E-state index < -0.39 is 5.91 Å². The van der Waals surface area contributed by atoms with Crippen molar-refractivity contribution in [3.8, 4) is 22.8 Å². The highest BCUT2D eigenvalue weighted by Gasteiger charge is 2.18. The van der Waals surface area contributed by atoms with Crippen LogP contribution in [0.1, 0.15) is 22.0 Å². The van der Waals surface area contributed by atoms with Crippen molar-refractivity contribution in [2.45, 2.75) is 13.8 Å². The minimum Gasteiger partial charge on any atom is -0.497 e. The van der Waals surface area contributed by atoms with Crippen LogP contribution in [-0.4, -0.2) is 44.7 Å². The van der Waals surface area contributed by atoms with Crippen LogP contribution in [0.25, 0.3) is 17.0 Å². The van der Waals surface area contributed by atoms with E-state index in [-0.39, 0.29) is 5.82 Å². The fourth-order valence-corrected chi connectivity index (χ4v) is 3.59. The first-order chi connectivity index (χ1) is 14.0. The summed E-state index contributed by atoms with van der Waals surface area (Å²) in [5.41, 5.74) is 3.09. The summed E-state index contributed by atoms with van der Waals surface area (Å²) in [7, 11) is 3.19. The molecule has 4 aromatic rings. The van der Waals surface area contributed by atoms with Crippen molar-refractivity contribution in [2.75, 3.05) is 19.5 Å². The number of aryl methyl sites for hydroxylation is 2. The van der Waals surface area contributed by atoms with Gasteiger partial charge in [-0.25, -0.2) is 14.5 Å². The zero-order valence-corrected chi connectivity index (χ0v) is 17.1. The molecule has 3 heterocycles. The molecule has 1 N–H and O–H groups in total. The standard InChI is InChI=1S/C19H18N6O3S/c1-10-7-11(2)25-18(20-10)22-16(24-25)17(26)23-19-21-14(9-29-19)13-8-12(27-3)5-6-15(13)28-4/h5-9H,1-4H3,(H,21,23,26). The Bertz CT molecular complexity index is 1220. The van der Waals surface area contributed by atoms with E-state index in [0.717, 1.165) is 17.0 Å². The second-order valence-electron chi connectivity index (χ2n) is 6.24. The van der Waals surface area contributed by atoms with Gasteiger partial charge in [0.2, 0.25) is 5.82 Å². The summed E-state index contributed by atoms with van der Waals surface area (Å²) in [6, 6.07) is 7.33. The Balaban J connectivity index is 1.60. The smallest absolute Gasteiger partial charge is 0.297 e. The maximum atomic E-state index is 12.6. The van der Waals surface area contributed by atoms with Crippen LogP contribution in [0.3, 0.4) is 0 Å². The average Bonchev–Trinajstić information content (AvgIpc) is 3.34. The van der Waals surface area contributed by atoms with Gasteiger partial charge in [0.05, 0.1) is 19.9 Å². The lowest BCUT2D eigenvalue weighted by atomic mass is 10.1. The van der Waals surface area contributed by atoms with Crippen LogP contribution in [0, 0.1) is 13.8 Å². The molecule has 0 aliphatic heterocycles. The summed E-state index contributed by atoms with van der Waals surface area (Å²) in [5.74, 6) is 1.31. The molecule has 0 saturated heterocycles. The second-order valence-corrected chi connectivity index (χ2v) is 7.10. The van der Waals surface area contributed by atoms with Crippen LogP contribution in [0.5, 0.6) is 11.5 Å². The summed E-state index contributed by atoms with van der Waals surface area (Å²) in [5, 5.41) is 9.23. The van der Waals surface area contributed by atoms with Crippen LogP contribution < -0.4 is 14.8 Å².